The summed E-state index contributed by atoms with van der Waals surface area (Å²) in [5, 5.41) is 0. The van der Waals surface area contributed by atoms with E-state index in [1.165, 1.54) is 12.3 Å². The summed E-state index contributed by atoms with van der Waals surface area (Å²) in [7, 11) is 0. The lowest BCUT2D eigenvalue weighted by Crippen LogP contribution is -2.23. The molecule has 4 nitrogen and oxygen atoms in total. The van der Waals surface area contributed by atoms with Crippen LogP contribution in [0.2, 0.25) is 0 Å². The summed E-state index contributed by atoms with van der Waals surface area (Å²) >= 11 is 0. The number of primary amides is 1. The topological polar surface area (TPSA) is 73.1 Å². The van der Waals surface area contributed by atoms with Gasteiger partial charge in [-0.2, -0.15) is 0 Å². The Bertz CT molecular complexity index is 282. The van der Waals surface area contributed by atoms with Crippen molar-refractivity contribution in [1.82, 2.24) is 4.98 Å². The average Bonchev–Trinajstić information content (AvgIpc) is 2.05. The number of carbonyl (C=O) groups is 2. The number of aromatic nitrogens is 1. The first kappa shape index (κ1) is 7.40. The Labute approximate surface area is 63.0 Å². The Morgan fingerprint density at radius 1 is 1.36 bits per heavy atom. The molecule has 1 aromatic rings. The lowest BCUT2D eigenvalue weighted by atomic mass is 10.2. The normalized spacial score (nSPS) is 9.09. The zero-order valence-corrected chi connectivity index (χ0v) is 5.65. The van der Waals surface area contributed by atoms with Crippen molar-refractivity contribution in [1.29, 1.82) is 0 Å². The van der Waals surface area contributed by atoms with Crippen molar-refractivity contribution >= 4 is 11.7 Å². The average molecular weight is 150 g/mol. The molecular formula is C7H6N2O2. The van der Waals surface area contributed by atoms with E-state index < -0.39 is 11.7 Å². The Balaban J connectivity index is 2.95. The fourth-order valence-corrected chi connectivity index (χ4v) is 0.623. The molecule has 0 atom stereocenters. The summed E-state index contributed by atoms with van der Waals surface area (Å²) in [6.07, 6.45) is 1.43. The lowest BCUT2D eigenvalue weighted by Gasteiger charge is -1.91. The molecule has 1 amide bonds. The molecule has 0 bridgehead atoms. The summed E-state index contributed by atoms with van der Waals surface area (Å²) in [6, 6.07) is 4.70. The van der Waals surface area contributed by atoms with Gasteiger partial charge < -0.3 is 5.73 Å². The van der Waals surface area contributed by atoms with Crippen LogP contribution in [0.1, 0.15) is 10.5 Å². The van der Waals surface area contributed by atoms with Gasteiger partial charge in [-0.3, -0.25) is 14.6 Å². The van der Waals surface area contributed by atoms with Crippen LogP contribution in [-0.4, -0.2) is 16.7 Å². The predicted octanol–water partition coefficient (Wildman–Crippen LogP) is -0.250. The predicted molar refractivity (Wildman–Crippen MR) is 37.8 cm³/mol. The molecule has 4 heteroatoms. The van der Waals surface area contributed by atoms with Gasteiger partial charge in [0.15, 0.2) is 0 Å². The molecule has 56 valence electrons. The number of amides is 1. The highest BCUT2D eigenvalue weighted by Crippen LogP contribution is 1.93. The first-order valence-electron chi connectivity index (χ1n) is 2.97. The number of carbonyl (C=O) groups excluding carboxylic acids is 2. The molecule has 1 heterocycles. The molecule has 0 aliphatic heterocycles. The number of rotatable bonds is 2. The van der Waals surface area contributed by atoms with Gasteiger partial charge in [0.1, 0.15) is 5.69 Å². The van der Waals surface area contributed by atoms with Crippen molar-refractivity contribution in [2.75, 3.05) is 0 Å². The van der Waals surface area contributed by atoms with Crippen LogP contribution in [0.15, 0.2) is 24.4 Å². The van der Waals surface area contributed by atoms with Crippen molar-refractivity contribution in [3.8, 4) is 0 Å². The summed E-state index contributed by atoms with van der Waals surface area (Å²) in [5.74, 6) is -1.74. The van der Waals surface area contributed by atoms with Crippen LogP contribution in [0.25, 0.3) is 0 Å². The number of hydrogen-bond acceptors (Lipinski definition) is 3. The van der Waals surface area contributed by atoms with Crippen molar-refractivity contribution in [2.24, 2.45) is 5.73 Å². The Morgan fingerprint density at radius 2 is 2.09 bits per heavy atom. The van der Waals surface area contributed by atoms with Crippen molar-refractivity contribution in [2.45, 2.75) is 0 Å². The molecule has 2 N–H and O–H groups in total. The third kappa shape index (κ3) is 1.61. The van der Waals surface area contributed by atoms with Gasteiger partial charge in [0, 0.05) is 6.20 Å². The van der Waals surface area contributed by atoms with Crippen molar-refractivity contribution < 1.29 is 9.59 Å². The molecule has 0 fully saturated rings. The van der Waals surface area contributed by atoms with E-state index in [1.54, 1.807) is 12.1 Å². The largest absolute Gasteiger partial charge is 0.363 e. The van der Waals surface area contributed by atoms with E-state index in [1.807, 2.05) is 0 Å². The molecule has 0 aromatic carbocycles. The van der Waals surface area contributed by atoms with E-state index >= 15 is 0 Å². The van der Waals surface area contributed by atoms with Crippen LogP contribution < -0.4 is 5.73 Å². The molecular weight excluding hydrogens is 144 g/mol. The summed E-state index contributed by atoms with van der Waals surface area (Å²) < 4.78 is 0. The SMILES string of the molecule is NC(=O)C(=O)c1ccccn1. The summed E-state index contributed by atoms with van der Waals surface area (Å²) in [5.41, 5.74) is 4.82. The number of nitrogens with two attached hydrogens (primary N) is 1. The molecule has 1 aromatic heterocycles. The van der Waals surface area contributed by atoms with Gasteiger partial charge in [-0.1, -0.05) is 6.07 Å². The second kappa shape index (κ2) is 2.92. The highest BCUT2D eigenvalue weighted by atomic mass is 16.2. The van der Waals surface area contributed by atoms with Crippen molar-refractivity contribution in [3.63, 3.8) is 0 Å². The van der Waals surface area contributed by atoms with Crippen LogP contribution >= 0.6 is 0 Å². The van der Waals surface area contributed by atoms with Gasteiger partial charge in [-0.25, -0.2) is 0 Å². The summed E-state index contributed by atoms with van der Waals surface area (Å²) in [6.45, 7) is 0. The third-order valence-corrected chi connectivity index (χ3v) is 1.12. The molecule has 0 aliphatic rings. The standard InChI is InChI=1S/C7H6N2O2/c8-7(11)6(10)5-3-1-2-4-9-5/h1-4H,(H2,8,11). The van der Waals surface area contributed by atoms with Crippen LogP contribution in [0, 0.1) is 0 Å². The monoisotopic (exact) mass is 150 g/mol. The maximum atomic E-state index is 10.8. The van der Waals surface area contributed by atoms with Gasteiger partial charge in [0.2, 0.25) is 0 Å². The van der Waals surface area contributed by atoms with Gasteiger partial charge in [-0.05, 0) is 12.1 Å². The van der Waals surface area contributed by atoms with Gasteiger partial charge in [0.25, 0.3) is 11.7 Å². The molecule has 1 rings (SSSR count). The van der Waals surface area contributed by atoms with Crippen LogP contribution in [0.5, 0.6) is 0 Å². The highest BCUT2D eigenvalue weighted by molar-refractivity contribution is 6.41. The fraction of sp³-hybridized carbons (Fsp3) is 0. The fourth-order valence-electron chi connectivity index (χ4n) is 0.623. The number of pyridine rings is 1. The van der Waals surface area contributed by atoms with E-state index in [-0.39, 0.29) is 5.69 Å². The Kier molecular flexibility index (Phi) is 1.96. The minimum Gasteiger partial charge on any atom is -0.363 e. The lowest BCUT2D eigenvalue weighted by molar-refractivity contribution is -0.114. The van der Waals surface area contributed by atoms with Gasteiger partial charge in [-0.15, -0.1) is 0 Å². The van der Waals surface area contributed by atoms with Crippen LogP contribution in [0.3, 0.4) is 0 Å². The number of ketones is 1. The van der Waals surface area contributed by atoms with Crippen molar-refractivity contribution in [3.05, 3.63) is 30.1 Å². The molecule has 0 spiro atoms. The molecule has 0 radical (unpaired) electrons. The molecule has 0 saturated heterocycles. The minimum absolute atomic E-state index is 0.0833. The maximum Gasteiger partial charge on any atom is 0.291 e. The maximum absolute atomic E-state index is 10.8. The Morgan fingerprint density at radius 3 is 2.55 bits per heavy atom. The molecule has 0 saturated carbocycles. The van der Waals surface area contributed by atoms with E-state index in [0.717, 1.165) is 0 Å². The first-order chi connectivity index (χ1) is 5.22. The molecule has 0 aliphatic carbocycles. The molecule has 11 heavy (non-hydrogen) atoms. The van der Waals surface area contributed by atoms with E-state index in [0.29, 0.717) is 0 Å². The number of hydrogen-bond donors (Lipinski definition) is 1. The van der Waals surface area contributed by atoms with E-state index in [4.69, 9.17) is 5.73 Å². The number of nitrogens with zero attached hydrogens (tertiary/aromatic N) is 1. The van der Waals surface area contributed by atoms with Crippen LogP contribution in [0.4, 0.5) is 0 Å². The van der Waals surface area contributed by atoms with Gasteiger partial charge >= 0.3 is 0 Å². The smallest absolute Gasteiger partial charge is 0.291 e. The minimum atomic E-state index is -0.983. The quantitative estimate of drug-likeness (QED) is 0.466. The third-order valence-electron chi connectivity index (χ3n) is 1.12. The highest BCUT2D eigenvalue weighted by Gasteiger charge is 2.11. The zero-order chi connectivity index (χ0) is 8.27. The Hall–Kier alpha value is -1.71. The van der Waals surface area contributed by atoms with E-state index in [2.05, 4.69) is 4.98 Å². The number of Topliss-reactive ketones (excluding diaryl/α,β-unsaturated/α-hetero) is 1. The van der Waals surface area contributed by atoms with Gasteiger partial charge in [0.05, 0.1) is 0 Å². The summed E-state index contributed by atoms with van der Waals surface area (Å²) in [4.78, 5) is 24.8. The zero-order valence-electron chi connectivity index (χ0n) is 5.65. The molecule has 0 unspecified atom stereocenters. The van der Waals surface area contributed by atoms with E-state index in [9.17, 15) is 9.59 Å². The second-order valence-electron chi connectivity index (χ2n) is 1.91. The first-order valence-corrected chi connectivity index (χ1v) is 2.97. The second-order valence-corrected chi connectivity index (χ2v) is 1.91. The van der Waals surface area contributed by atoms with Crippen LogP contribution in [-0.2, 0) is 4.79 Å².